The summed E-state index contributed by atoms with van der Waals surface area (Å²) in [6.45, 7) is 3.01. The van der Waals surface area contributed by atoms with Crippen molar-refractivity contribution in [1.29, 1.82) is 0 Å². The van der Waals surface area contributed by atoms with Gasteiger partial charge in [-0.25, -0.2) is 4.79 Å². The zero-order chi connectivity index (χ0) is 14.7. The lowest BCUT2D eigenvalue weighted by molar-refractivity contribution is 0.243. The average molecular weight is 283 g/mol. The lowest BCUT2D eigenvalue weighted by Gasteiger charge is -2.28. The number of hydrogen-bond donors (Lipinski definition) is 3. The predicted octanol–water partition coefficient (Wildman–Crippen LogP) is 3.10. The molecule has 1 saturated heterocycles. The van der Waals surface area contributed by atoms with E-state index in [0.29, 0.717) is 6.04 Å². The number of amides is 2. The number of nitrogens with one attached hydrogen (secondary N) is 3. The van der Waals surface area contributed by atoms with Crippen LogP contribution in [0.4, 0.5) is 10.5 Å². The molecule has 0 bridgehead atoms. The number of carbonyl (C=O) groups is 1. The average Bonchev–Trinajstić information content (AvgIpc) is 2.50. The van der Waals surface area contributed by atoms with Crippen LogP contribution in [0.15, 0.2) is 42.5 Å². The molecule has 0 spiro atoms. The van der Waals surface area contributed by atoms with Gasteiger partial charge < -0.3 is 16.0 Å². The van der Waals surface area contributed by atoms with E-state index in [1.807, 2.05) is 42.5 Å². The second kappa shape index (κ2) is 6.14. The van der Waals surface area contributed by atoms with Gasteiger partial charge in [0.2, 0.25) is 0 Å². The van der Waals surface area contributed by atoms with Crippen LogP contribution in [0.2, 0.25) is 0 Å². The maximum absolute atomic E-state index is 12.2. The number of benzene rings is 2. The summed E-state index contributed by atoms with van der Waals surface area (Å²) in [5.41, 5.74) is 0.850. The van der Waals surface area contributed by atoms with Crippen molar-refractivity contribution in [1.82, 2.24) is 10.6 Å². The Morgan fingerprint density at radius 3 is 2.76 bits per heavy atom. The molecular weight excluding hydrogens is 262 g/mol. The number of piperidine rings is 1. The van der Waals surface area contributed by atoms with Crippen molar-refractivity contribution in [2.45, 2.75) is 31.8 Å². The molecule has 0 aromatic heterocycles. The van der Waals surface area contributed by atoms with E-state index in [9.17, 15) is 4.79 Å². The van der Waals surface area contributed by atoms with E-state index < -0.39 is 0 Å². The van der Waals surface area contributed by atoms with Gasteiger partial charge in [0.15, 0.2) is 0 Å². The Bertz CT molecular complexity index is 627. The van der Waals surface area contributed by atoms with Crippen LogP contribution < -0.4 is 16.0 Å². The molecule has 0 saturated carbocycles. The second-order valence-corrected chi connectivity index (χ2v) is 5.71. The number of rotatable bonds is 2. The van der Waals surface area contributed by atoms with Crippen LogP contribution in [0.5, 0.6) is 0 Å². The molecule has 0 radical (unpaired) electrons. The normalized spacial score (nSPS) is 22.0. The summed E-state index contributed by atoms with van der Waals surface area (Å²) < 4.78 is 0. The van der Waals surface area contributed by atoms with E-state index in [1.165, 1.54) is 0 Å². The third kappa shape index (κ3) is 3.34. The van der Waals surface area contributed by atoms with Gasteiger partial charge in [-0.2, -0.15) is 0 Å². The van der Waals surface area contributed by atoms with Gasteiger partial charge in [0.25, 0.3) is 0 Å². The Labute approximate surface area is 124 Å². The highest BCUT2D eigenvalue weighted by atomic mass is 16.2. The fourth-order valence-corrected chi connectivity index (χ4v) is 2.80. The van der Waals surface area contributed by atoms with Crippen molar-refractivity contribution in [3.05, 3.63) is 42.5 Å². The van der Waals surface area contributed by atoms with Crippen LogP contribution in [0.25, 0.3) is 10.8 Å². The summed E-state index contributed by atoms with van der Waals surface area (Å²) in [7, 11) is 0. The van der Waals surface area contributed by atoms with Gasteiger partial charge in [0.05, 0.1) is 5.69 Å². The molecule has 1 aliphatic heterocycles. The first-order valence-corrected chi connectivity index (χ1v) is 7.51. The second-order valence-electron chi connectivity index (χ2n) is 5.71. The minimum Gasteiger partial charge on any atom is -0.334 e. The van der Waals surface area contributed by atoms with Crippen molar-refractivity contribution in [2.24, 2.45) is 0 Å². The Morgan fingerprint density at radius 2 is 1.95 bits per heavy atom. The molecule has 110 valence electrons. The van der Waals surface area contributed by atoms with E-state index in [2.05, 4.69) is 22.9 Å². The number of anilines is 1. The first kappa shape index (κ1) is 13.9. The molecule has 1 heterocycles. The number of fused-ring (bicyclic) bond motifs is 1. The van der Waals surface area contributed by atoms with Gasteiger partial charge >= 0.3 is 6.03 Å². The first-order chi connectivity index (χ1) is 10.2. The zero-order valence-electron chi connectivity index (χ0n) is 12.2. The topological polar surface area (TPSA) is 53.2 Å². The molecule has 2 aromatic rings. The standard InChI is InChI=1S/C17H21N3O/c1-12-9-10-14(11-18-12)19-17(21)20-16-8-4-6-13-5-2-3-7-15(13)16/h2-8,12,14,18H,9-11H2,1H3,(H2,19,20,21). The highest BCUT2D eigenvalue weighted by Crippen LogP contribution is 2.22. The molecule has 21 heavy (non-hydrogen) atoms. The van der Waals surface area contributed by atoms with Gasteiger partial charge in [0.1, 0.15) is 0 Å². The third-order valence-corrected chi connectivity index (χ3v) is 4.03. The van der Waals surface area contributed by atoms with Crippen molar-refractivity contribution in [3.63, 3.8) is 0 Å². The van der Waals surface area contributed by atoms with E-state index in [0.717, 1.165) is 35.8 Å². The molecule has 4 nitrogen and oxygen atoms in total. The molecule has 4 heteroatoms. The van der Waals surface area contributed by atoms with Crippen LogP contribution in [0.1, 0.15) is 19.8 Å². The summed E-state index contributed by atoms with van der Waals surface area (Å²) in [5, 5.41) is 11.6. The summed E-state index contributed by atoms with van der Waals surface area (Å²) >= 11 is 0. The van der Waals surface area contributed by atoms with E-state index in [-0.39, 0.29) is 12.1 Å². The van der Waals surface area contributed by atoms with Crippen LogP contribution >= 0.6 is 0 Å². The minimum atomic E-state index is -0.132. The molecule has 3 rings (SSSR count). The van der Waals surface area contributed by atoms with Gasteiger partial charge in [-0.15, -0.1) is 0 Å². The maximum atomic E-state index is 12.2. The van der Waals surface area contributed by atoms with E-state index in [1.54, 1.807) is 0 Å². The lowest BCUT2D eigenvalue weighted by Crippen LogP contribution is -2.49. The number of hydrogen-bond acceptors (Lipinski definition) is 2. The molecule has 2 amide bonds. The zero-order valence-corrected chi connectivity index (χ0v) is 12.2. The number of urea groups is 1. The molecular formula is C17H21N3O. The fraction of sp³-hybridized carbons (Fsp3) is 0.353. The van der Waals surface area contributed by atoms with Gasteiger partial charge in [-0.05, 0) is 31.2 Å². The van der Waals surface area contributed by atoms with Crippen molar-refractivity contribution in [2.75, 3.05) is 11.9 Å². The number of carbonyl (C=O) groups excluding carboxylic acids is 1. The summed E-state index contributed by atoms with van der Waals surface area (Å²) in [6, 6.07) is 14.6. The van der Waals surface area contributed by atoms with Gasteiger partial charge in [-0.3, -0.25) is 0 Å². The summed E-state index contributed by atoms with van der Waals surface area (Å²) in [6.07, 6.45) is 2.12. The monoisotopic (exact) mass is 283 g/mol. The van der Waals surface area contributed by atoms with Crippen molar-refractivity contribution >= 4 is 22.5 Å². The Balaban J connectivity index is 1.66. The SMILES string of the molecule is CC1CCC(NC(=O)Nc2cccc3ccccc23)CN1. The summed E-state index contributed by atoms with van der Waals surface area (Å²) in [4.78, 5) is 12.2. The van der Waals surface area contributed by atoms with Gasteiger partial charge in [-0.1, -0.05) is 36.4 Å². The molecule has 2 atom stereocenters. The van der Waals surface area contributed by atoms with Crippen molar-refractivity contribution in [3.8, 4) is 0 Å². The highest BCUT2D eigenvalue weighted by molar-refractivity contribution is 6.01. The lowest BCUT2D eigenvalue weighted by atomic mass is 10.0. The molecule has 2 unspecified atom stereocenters. The van der Waals surface area contributed by atoms with Crippen LogP contribution in [0.3, 0.4) is 0 Å². The molecule has 3 N–H and O–H groups in total. The Hall–Kier alpha value is -2.07. The molecule has 1 aliphatic rings. The van der Waals surface area contributed by atoms with Crippen LogP contribution in [0, 0.1) is 0 Å². The smallest absolute Gasteiger partial charge is 0.319 e. The Morgan fingerprint density at radius 1 is 1.14 bits per heavy atom. The first-order valence-electron chi connectivity index (χ1n) is 7.51. The molecule has 2 aromatic carbocycles. The van der Waals surface area contributed by atoms with Gasteiger partial charge in [0, 0.05) is 24.0 Å². The third-order valence-electron chi connectivity index (χ3n) is 4.03. The predicted molar refractivity (Wildman–Crippen MR) is 86.6 cm³/mol. The summed E-state index contributed by atoms with van der Waals surface area (Å²) in [5.74, 6) is 0. The molecule has 0 aliphatic carbocycles. The van der Waals surface area contributed by atoms with Crippen molar-refractivity contribution < 1.29 is 4.79 Å². The van der Waals surface area contributed by atoms with Crippen LogP contribution in [-0.2, 0) is 0 Å². The fourth-order valence-electron chi connectivity index (χ4n) is 2.80. The largest absolute Gasteiger partial charge is 0.334 e. The Kier molecular flexibility index (Phi) is 4.06. The van der Waals surface area contributed by atoms with Crippen LogP contribution in [-0.4, -0.2) is 24.7 Å². The maximum Gasteiger partial charge on any atom is 0.319 e. The van der Waals surface area contributed by atoms with E-state index in [4.69, 9.17) is 0 Å². The highest BCUT2D eigenvalue weighted by Gasteiger charge is 2.19. The molecule has 1 fully saturated rings. The quantitative estimate of drug-likeness (QED) is 0.793. The minimum absolute atomic E-state index is 0.132. The van der Waals surface area contributed by atoms with E-state index >= 15 is 0 Å².